The van der Waals surface area contributed by atoms with Crippen molar-refractivity contribution in [3.63, 3.8) is 0 Å². The SMILES string of the molecule is CC1(C)C[C@H](CCC(N)c2cncnc2)CN1C(=O)C(F)(F)F. The molecule has 1 fully saturated rings. The summed E-state index contributed by atoms with van der Waals surface area (Å²) in [6, 6.07) is -0.258. The Bertz CT molecular complexity index is 547. The fourth-order valence-corrected chi connectivity index (χ4v) is 3.17. The van der Waals surface area contributed by atoms with Crippen LogP contribution in [0.3, 0.4) is 0 Å². The largest absolute Gasteiger partial charge is 0.471 e. The molecule has 23 heavy (non-hydrogen) atoms. The Morgan fingerprint density at radius 2 is 2.04 bits per heavy atom. The van der Waals surface area contributed by atoms with E-state index in [1.165, 1.54) is 6.33 Å². The van der Waals surface area contributed by atoms with Crippen LogP contribution in [0.2, 0.25) is 0 Å². The van der Waals surface area contributed by atoms with E-state index < -0.39 is 17.6 Å². The van der Waals surface area contributed by atoms with Crippen molar-refractivity contribution >= 4 is 5.91 Å². The molecule has 1 unspecified atom stereocenters. The van der Waals surface area contributed by atoms with Crippen molar-refractivity contribution in [1.82, 2.24) is 14.9 Å². The predicted molar refractivity (Wildman–Crippen MR) is 78.1 cm³/mol. The Morgan fingerprint density at radius 1 is 1.43 bits per heavy atom. The first-order chi connectivity index (χ1) is 10.6. The second kappa shape index (κ2) is 6.43. The summed E-state index contributed by atoms with van der Waals surface area (Å²) in [5.74, 6) is -1.75. The minimum Gasteiger partial charge on any atom is -0.329 e. The number of nitrogens with two attached hydrogens (primary N) is 1. The molecule has 2 rings (SSSR count). The Kier molecular flexibility index (Phi) is 4.93. The van der Waals surface area contributed by atoms with E-state index in [1.807, 2.05) is 0 Å². The molecular weight excluding hydrogens is 309 g/mol. The fourth-order valence-electron chi connectivity index (χ4n) is 3.17. The van der Waals surface area contributed by atoms with E-state index in [4.69, 9.17) is 5.73 Å². The maximum absolute atomic E-state index is 12.7. The van der Waals surface area contributed by atoms with E-state index in [0.29, 0.717) is 19.3 Å². The molecule has 0 aliphatic carbocycles. The molecule has 8 heteroatoms. The molecule has 128 valence electrons. The molecule has 0 aromatic carbocycles. The summed E-state index contributed by atoms with van der Waals surface area (Å²) in [4.78, 5) is 20.3. The first-order valence-electron chi connectivity index (χ1n) is 7.50. The minimum atomic E-state index is -4.83. The minimum absolute atomic E-state index is 0.00646. The molecular formula is C15H21F3N4O. The van der Waals surface area contributed by atoms with Crippen LogP contribution in [0, 0.1) is 5.92 Å². The Morgan fingerprint density at radius 3 is 2.61 bits per heavy atom. The third kappa shape index (κ3) is 4.19. The summed E-state index contributed by atoms with van der Waals surface area (Å²) < 4.78 is 38.0. The second-order valence-electron chi connectivity index (χ2n) is 6.65. The van der Waals surface area contributed by atoms with Crippen LogP contribution in [0.4, 0.5) is 13.2 Å². The summed E-state index contributed by atoms with van der Waals surface area (Å²) in [6.07, 6.45) is 1.65. The molecule has 5 nitrogen and oxygen atoms in total. The molecule has 2 atom stereocenters. The molecule has 1 aromatic rings. The number of hydrogen-bond donors (Lipinski definition) is 1. The quantitative estimate of drug-likeness (QED) is 0.920. The van der Waals surface area contributed by atoms with Gasteiger partial charge in [0, 0.05) is 36.1 Å². The van der Waals surface area contributed by atoms with Crippen molar-refractivity contribution in [1.29, 1.82) is 0 Å². The zero-order valence-electron chi connectivity index (χ0n) is 13.2. The first kappa shape index (κ1) is 17.7. The lowest BCUT2D eigenvalue weighted by Crippen LogP contribution is -2.48. The third-order valence-electron chi connectivity index (χ3n) is 4.34. The van der Waals surface area contributed by atoms with Crippen LogP contribution in [-0.4, -0.2) is 39.0 Å². The van der Waals surface area contributed by atoms with Gasteiger partial charge in [-0.3, -0.25) is 4.79 Å². The molecule has 2 heterocycles. The van der Waals surface area contributed by atoms with Crippen LogP contribution in [0.15, 0.2) is 18.7 Å². The van der Waals surface area contributed by atoms with Gasteiger partial charge in [-0.2, -0.15) is 13.2 Å². The van der Waals surface area contributed by atoms with Crippen molar-refractivity contribution in [2.45, 2.75) is 50.9 Å². The normalized spacial score (nSPS) is 22.2. The maximum Gasteiger partial charge on any atom is 0.471 e. The van der Waals surface area contributed by atoms with Crippen LogP contribution in [0.1, 0.15) is 44.7 Å². The molecule has 1 aliphatic rings. The topological polar surface area (TPSA) is 72.1 Å². The van der Waals surface area contributed by atoms with Crippen molar-refractivity contribution in [3.05, 3.63) is 24.3 Å². The van der Waals surface area contributed by atoms with Crippen LogP contribution in [-0.2, 0) is 4.79 Å². The number of nitrogens with zero attached hydrogens (tertiary/aromatic N) is 3. The van der Waals surface area contributed by atoms with E-state index in [2.05, 4.69) is 9.97 Å². The maximum atomic E-state index is 12.7. The van der Waals surface area contributed by atoms with Crippen molar-refractivity contribution < 1.29 is 18.0 Å². The van der Waals surface area contributed by atoms with Gasteiger partial charge in [0.15, 0.2) is 0 Å². The highest BCUT2D eigenvalue weighted by Gasteiger charge is 2.50. The third-order valence-corrected chi connectivity index (χ3v) is 4.34. The molecule has 0 spiro atoms. The van der Waals surface area contributed by atoms with Gasteiger partial charge in [-0.1, -0.05) is 0 Å². The molecule has 1 amide bonds. The zero-order valence-corrected chi connectivity index (χ0v) is 13.2. The van der Waals surface area contributed by atoms with Crippen LogP contribution >= 0.6 is 0 Å². The molecule has 1 aromatic heterocycles. The summed E-state index contributed by atoms with van der Waals surface area (Å²) >= 11 is 0. The van der Waals surface area contributed by atoms with Gasteiger partial charge >= 0.3 is 12.1 Å². The average Bonchev–Trinajstić information content (AvgIpc) is 2.78. The van der Waals surface area contributed by atoms with Gasteiger partial charge in [0.05, 0.1) is 0 Å². The van der Waals surface area contributed by atoms with Gasteiger partial charge in [0.1, 0.15) is 6.33 Å². The predicted octanol–water partition coefficient (Wildman–Crippen LogP) is 2.45. The Hall–Kier alpha value is -1.70. The van der Waals surface area contributed by atoms with Crippen LogP contribution in [0.5, 0.6) is 0 Å². The number of amides is 1. The number of aromatic nitrogens is 2. The van der Waals surface area contributed by atoms with Crippen molar-refractivity contribution in [2.75, 3.05) is 6.54 Å². The number of alkyl halides is 3. The lowest BCUT2D eigenvalue weighted by molar-refractivity contribution is -0.188. The van der Waals surface area contributed by atoms with Crippen LogP contribution < -0.4 is 5.73 Å². The highest BCUT2D eigenvalue weighted by Crippen LogP contribution is 2.38. The van der Waals surface area contributed by atoms with Gasteiger partial charge in [0.25, 0.3) is 0 Å². The molecule has 0 saturated carbocycles. The number of carbonyl (C=O) groups is 1. The summed E-state index contributed by atoms with van der Waals surface area (Å²) in [5.41, 5.74) is 6.07. The monoisotopic (exact) mass is 330 g/mol. The van der Waals surface area contributed by atoms with Crippen molar-refractivity contribution in [2.24, 2.45) is 11.7 Å². The number of likely N-dealkylation sites (tertiary alicyclic amines) is 1. The lowest BCUT2D eigenvalue weighted by atomic mass is 9.91. The lowest BCUT2D eigenvalue weighted by Gasteiger charge is -2.31. The number of halogens is 3. The van der Waals surface area contributed by atoms with E-state index in [9.17, 15) is 18.0 Å². The van der Waals surface area contributed by atoms with E-state index in [1.54, 1.807) is 26.2 Å². The van der Waals surface area contributed by atoms with E-state index >= 15 is 0 Å². The summed E-state index contributed by atoms with van der Waals surface area (Å²) in [5, 5.41) is 0. The fraction of sp³-hybridized carbons (Fsp3) is 0.667. The molecule has 1 saturated heterocycles. The molecule has 0 radical (unpaired) electrons. The van der Waals surface area contributed by atoms with Gasteiger partial charge in [0.2, 0.25) is 0 Å². The highest BCUT2D eigenvalue weighted by atomic mass is 19.4. The van der Waals surface area contributed by atoms with Gasteiger partial charge in [-0.25, -0.2) is 9.97 Å². The summed E-state index contributed by atoms with van der Waals surface area (Å²) in [7, 11) is 0. The smallest absolute Gasteiger partial charge is 0.329 e. The first-order valence-corrected chi connectivity index (χ1v) is 7.50. The molecule has 1 aliphatic heterocycles. The molecule has 2 N–H and O–H groups in total. The van der Waals surface area contributed by atoms with Gasteiger partial charge in [-0.05, 0) is 39.0 Å². The number of hydrogen-bond acceptors (Lipinski definition) is 4. The Balaban J connectivity index is 1.94. The Labute approximate surface area is 133 Å². The standard InChI is InChI=1S/C15H21F3N4O/c1-14(2)5-10(8-22(14)13(23)15(16,17)18)3-4-12(19)11-6-20-9-21-7-11/h6-7,9-10,12H,3-5,8,19H2,1-2H3/t10-,12?/m0/s1. The highest BCUT2D eigenvalue weighted by molar-refractivity contribution is 5.82. The second-order valence-corrected chi connectivity index (χ2v) is 6.65. The van der Waals surface area contributed by atoms with Crippen LogP contribution in [0.25, 0.3) is 0 Å². The van der Waals surface area contributed by atoms with Gasteiger partial charge < -0.3 is 10.6 Å². The van der Waals surface area contributed by atoms with Crippen molar-refractivity contribution in [3.8, 4) is 0 Å². The molecule has 0 bridgehead atoms. The number of rotatable bonds is 4. The average molecular weight is 330 g/mol. The number of carbonyl (C=O) groups excluding carboxylic acids is 1. The zero-order chi connectivity index (χ0) is 17.3. The van der Waals surface area contributed by atoms with E-state index in [0.717, 1.165) is 10.5 Å². The van der Waals surface area contributed by atoms with Gasteiger partial charge in [-0.15, -0.1) is 0 Å². The van der Waals surface area contributed by atoms with E-state index in [-0.39, 0.29) is 18.5 Å². The summed E-state index contributed by atoms with van der Waals surface area (Å²) in [6.45, 7) is 3.45.